The van der Waals surface area contributed by atoms with E-state index >= 15 is 0 Å². The molecule has 0 bridgehead atoms. The third-order valence-corrected chi connectivity index (χ3v) is 1.23. The Morgan fingerprint density at radius 1 is 1.64 bits per heavy atom. The van der Waals surface area contributed by atoms with E-state index in [0.29, 0.717) is 0 Å². The maximum atomic E-state index is 10.4. The summed E-state index contributed by atoms with van der Waals surface area (Å²) in [5.74, 6) is -1.05. The molecule has 5 heteroatoms. The van der Waals surface area contributed by atoms with Crippen LogP contribution in [0.4, 0.5) is 0 Å². The van der Waals surface area contributed by atoms with E-state index in [1.807, 2.05) is 13.8 Å². The first kappa shape index (κ1) is 13.3. The molecule has 0 aliphatic rings. The van der Waals surface area contributed by atoms with E-state index in [2.05, 4.69) is 5.32 Å². The SMILES string of the molecule is CC(C)NC(C)(Cl)C(=O)O.O. The van der Waals surface area contributed by atoms with Gasteiger partial charge in [-0.1, -0.05) is 11.6 Å². The molecule has 1 unspecified atom stereocenters. The molecule has 0 radical (unpaired) electrons. The molecule has 0 aromatic rings. The molecule has 0 aromatic carbocycles. The highest BCUT2D eigenvalue weighted by molar-refractivity contribution is 6.33. The van der Waals surface area contributed by atoms with Crippen molar-refractivity contribution in [1.82, 2.24) is 5.32 Å². The number of halogens is 1. The van der Waals surface area contributed by atoms with E-state index in [1.165, 1.54) is 6.92 Å². The maximum absolute atomic E-state index is 10.4. The van der Waals surface area contributed by atoms with Crippen molar-refractivity contribution in [3.05, 3.63) is 0 Å². The zero-order chi connectivity index (χ0) is 8.36. The second kappa shape index (κ2) is 4.54. The lowest BCUT2D eigenvalue weighted by molar-refractivity contribution is -0.140. The van der Waals surface area contributed by atoms with Crippen LogP contribution < -0.4 is 5.32 Å². The third-order valence-electron chi connectivity index (χ3n) is 0.961. The Kier molecular flexibility index (Phi) is 5.48. The number of nitrogens with one attached hydrogen (secondary N) is 1. The fourth-order valence-electron chi connectivity index (χ4n) is 0.604. The molecule has 0 aliphatic heterocycles. The molecular weight excluding hydrogens is 170 g/mol. The summed E-state index contributed by atoms with van der Waals surface area (Å²) >= 11 is 5.56. The van der Waals surface area contributed by atoms with Crippen LogP contribution in [-0.4, -0.2) is 27.6 Å². The molecule has 0 spiro atoms. The lowest BCUT2D eigenvalue weighted by Gasteiger charge is -2.20. The second-order valence-electron chi connectivity index (χ2n) is 2.61. The van der Waals surface area contributed by atoms with E-state index in [-0.39, 0.29) is 11.5 Å². The summed E-state index contributed by atoms with van der Waals surface area (Å²) in [6, 6.07) is 0.0681. The first-order valence-corrected chi connectivity index (χ1v) is 3.44. The highest BCUT2D eigenvalue weighted by Gasteiger charge is 2.29. The minimum absolute atomic E-state index is 0. The minimum Gasteiger partial charge on any atom is -0.479 e. The molecule has 0 rings (SSSR count). The first-order chi connectivity index (χ1) is 4.36. The molecule has 4 nitrogen and oxygen atoms in total. The Morgan fingerprint density at radius 3 is 2.09 bits per heavy atom. The Morgan fingerprint density at radius 2 is 2.00 bits per heavy atom. The molecule has 0 amide bonds. The van der Waals surface area contributed by atoms with Gasteiger partial charge in [0.15, 0.2) is 5.00 Å². The van der Waals surface area contributed by atoms with E-state index < -0.39 is 11.0 Å². The Labute approximate surface area is 70.9 Å². The van der Waals surface area contributed by atoms with Crippen molar-refractivity contribution in [3.63, 3.8) is 0 Å². The van der Waals surface area contributed by atoms with Gasteiger partial charge in [-0.2, -0.15) is 0 Å². The maximum Gasteiger partial charge on any atom is 0.339 e. The number of alkyl halides is 1. The minimum atomic E-state index is -1.34. The van der Waals surface area contributed by atoms with E-state index in [1.54, 1.807) is 0 Å². The molecule has 4 N–H and O–H groups in total. The van der Waals surface area contributed by atoms with Gasteiger partial charge in [-0.05, 0) is 20.8 Å². The molecule has 68 valence electrons. The largest absolute Gasteiger partial charge is 0.479 e. The molecule has 0 heterocycles. The average molecular weight is 184 g/mol. The standard InChI is InChI=1S/C6H12ClNO2.H2O/c1-4(2)8-6(3,7)5(9)10;/h4,8H,1-3H3,(H,9,10);1H2. The summed E-state index contributed by atoms with van der Waals surface area (Å²) in [5, 5.41) is 11.2. The Bertz CT molecular complexity index is 136. The summed E-state index contributed by atoms with van der Waals surface area (Å²) in [5.41, 5.74) is 0. The molecule has 0 saturated carbocycles. The molecular formula is C6H14ClNO3. The van der Waals surface area contributed by atoms with Crippen LogP contribution in [0.1, 0.15) is 20.8 Å². The summed E-state index contributed by atoms with van der Waals surface area (Å²) < 4.78 is 0. The Hall–Kier alpha value is -0.320. The quantitative estimate of drug-likeness (QED) is 0.485. The number of carboxylic acid groups (broad SMARTS) is 1. The molecule has 0 saturated heterocycles. The number of hydrogen-bond acceptors (Lipinski definition) is 2. The van der Waals surface area contributed by atoms with Gasteiger partial charge < -0.3 is 10.6 Å². The van der Waals surface area contributed by atoms with Gasteiger partial charge in [-0.25, -0.2) is 4.79 Å². The van der Waals surface area contributed by atoms with Crippen LogP contribution in [0.3, 0.4) is 0 Å². The summed E-state index contributed by atoms with van der Waals surface area (Å²) in [4.78, 5) is 9.02. The summed E-state index contributed by atoms with van der Waals surface area (Å²) in [7, 11) is 0. The fraction of sp³-hybridized carbons (Fsp3) is 0.833. The first-order valence-electron chi connectivity index (χ1n) is 3.06. The van der Waals surface area contributed by atoms with Crippen LogP contribution in [0.25, 0.3) is 0 Å². The number of rotatable bonds is 3. The topological polar surface area (TPSA) is 80.8 Å². The zero-order valence-electron chi connectivity index (χ0n) is 6.81. The predicted molar refractivity (Wildman–Crippen MR) is 43.8 cm³/mol. The van der Waals surface area contributed by atoms with Gasteiger partial charge in [0.25, 0.3) is 0 Å². The van der Waals surface area contributed by atoms with Crippen LogP contribution >= 0.6 is 11.6 Å². The van der Waals surface area contributed by atoms with Gasteiger partial charge in [-0.15, -0.1) is 0 Å². The van der Waals surface area contributed by atoms with Gasteiger partial charge >= 0.3 is 5.97 Å². The summed E-state index contributed by atoms with van der Waals surface area (Å²) in [6.07, 6.45) is 0. The number of carbonyl (C=O) groups is 1. The van der Waals surface area contributed by atoms with Crippen molar-refractivity contribution in [2.45, 2.75) is 31.8 Å². The third kappa shape index (κ3) is 5.01. The smallest absolute Gasteiger partial charge is 0.339 e. The monoisotopic (exact) mass is 183 g/mol. The van der Waals surface area contributed by atoms with E-state index in [0.717, 1.165) is 0 Å². The molecule has 0 fully saturated rings. The van der Waals surface area contributed by atoms with Crippen LogP contribution in [0.5, 0.6) is 0 Å². The van der Waals surface area contributed by atoms with Crippen molar-refractivity contribution >= 4 is 17.6 Å². The lowest BCUT2D eigenvalue weighted by atomic mass is 10.3. The molecule has 0 aliphatic carbocycles. The van der Waals surface area contributed by atoms with Gasteiger partial charge in [0.2, 0.25) is 0 Å². The molecule has 11 heavy (non-hydrogen) atoms. The molecule has 1 atom stereocenters. The highest BCUT2D eigenvalue weighted by atomic mass is 35.5. The van der Waals surface area contributed by atoms with Crippen LogP contribution in [0.15, 0.2) is 0 Å². The summed E-state index contributed by atoms with van der Waals surface area (Å²) in [6.45, 7) is 5.09. The fourth-order valence-corrected chi connectivity index (χ4v) is 0.822. The van der Waals surface area contributed by atoms with Crippen LogP contribution in [0.2, 0.25) is 0 Å². The molecule has 0 aromatic heterocycles. The van der Waals surface area contributed by atoms with Gasteiger partial charge in [0, 0.05) is 6.04 Å². The predicted octanol–water partition coefficient (Wildman–Crippen LogP) is 0.199. The van der Waals surface area contributed by atoms with Crippen molar-refractivity contribution in [2.24, 2.45) is 0 Å². The number of hydrogen-bond donors (Lipinski definition) is 2. The zero-order valence-corrected chi connectivity index (χ0v) is 7.57. The lowest BCUT2D eigenvalue weighted by Crippen LogP contribution is -2.47. The number of aliphatic carboxylic acids is 1. The van der Waals surface area contributed by atoms with Gasteiger partial charge in [0.05, 0.1) is 0 Å². The normalized spacial score (nSPS) is 15.4. The Balaban J connectivity index is 0. The second-order valence-corrected chi connectivity index (χ2v) is 3.36. The van der Waals surface area contributed by atoms with Gasteiger partial charge in [-0.3, -0.25) is 5.32 Å². The van der Waals surface area contributed by atoms with Crippen molar-refractivity contribution in [1.29, 1.82) is 0 Å². The van der Waals surface area contributed by atoms with Crippen LogP contribution in [-0.2, 0) is 4.79 Å². The van der Waals surface area contributed by atoms with E-state index in [9.17, 15) is 4.79 Å². The van der Waals surface area contributed by atoms with Crippen molar-refractivity contribution in [2.75, 3.05) is 0 Å². The van der Waals surface area contributed by atoms with Gasteiger partial charge in [0.1, 0.15) is 0 Å². The van der Waals surface area contributed by atoms with Crippen molar-refractivity contribution < 1.29 is 15.4 Å². The highest BCUT2D eigenvalue weighted by Crippen LogP contribution is 2.10. The van der Waals surface area contributed by atoms with E-state index in [4.69, 9.17) is 16.7 Å². The van der Waals surface area contributed by atoms with Crippen molar-refractivity contribution in [3.8, 4) is 0 Å². The average Bonchev–Trinajstić information content (AvgIpc) is 1.60. The number of carboxylic acids is 1. The van der Waals surface area contributed by atoms with Crippen LogP contribution in [0, 0.1) is 0 Å².